The molecule has 3 N–H and O–H groups in total. The van der Waals surface area contributed by atoms with Crippen LogP contribution in [0.2, 0.25) is 0 Å². The number of unbranched alkanes of at least 4 members (excludes halogenated alkanes) is 38. The molecule has 0 amide bonds. The Bertz CT molecular complexity index is 1890. The lowest BCUT2D eigenvalue weighted by molar-refractivity contribution is -0.161. The number of rotatable bonds is 74. The van der Waals surface area contributed by atoms with E-state index in [0.29, 0.717) is 25.7 Å². The third-order valence-corrected chi connectivity index (χ3v) is 20.4. The third-order valence-electron chi connectivity index (χ3n) is 18.5. The van der Waals surface area contributed by atoms with Crippen LogP contribution in [0.1, 0.15) is 389 Å². The molecule has 0 radical (unpaired) electrons. The molecule has 0 rings (SSSR count). The van der Waals surface area contributed by atoms with Crippen LogP contribution in [-0.4, -0.2) is 96.7 Å². The topological polar surface area (TPSA) is 237 Å². The zero-order chi connectivity index (χ0) is 71.0. The Morgan fingerprint density at radius 3 is 0.740 bits per heavy atom. The Kier molecular flexibility index (Phi) is 65.0. The van der Waals surface area contributed by atoms with E-state index in [-0.39, 0.29) is 25.7 Å². The fourth-order valence-corrected chi connectivity index (χ4v) is 13.2. The molecule has 0 spiro atoms. The molecule has 0 aromatic heterocycles. The maximum Gasteiger partial charge on any atom is 0.472 e. The van der Waals surface area contributed by atoms with E-state index in [1.54, 1.807) is 0 Å². The van der Waals surface area contributed by atoms with Crippen LogP contribution in [0, 0.1) is 23.7 Å². The van der Waals surface area contributed by atoms with Crippen molar-refractivity contribution in [1.29, 1.82) is 0 Å². The highest BCUT2D eigenvalue weighted by Gasteiger charge is 2.30. The van der Waals surface area contributed by atoms with Gasteiger partial charge in [0.25, 0.3) is 0 Å². The summed E-state index contributed by atoms with van der Waals surface area (Å²) in [6.45, 7) is 14.2. The fraction of sp³-hybridized carbons (Fsp3) is 0.948. The number of aliphatic hydroxyl groups is 1. The van der Waals surface area contributed by atoms with E-state index in [2.05, 4.69) is 55.4 Å². The molecule has 19 heteroatoms. The SMILES string of the molecule is CCC(C)CCCCCCCCCCCCCCCCC(=O)OC[C@H](COP(=O)(O)OC[C@@H](O)COP(=O)(O)OC[C@@H](COC(=O)CCCCCCCCC(C)CC)OC(=O)CCCCCCCCCCCCCCCCC(C)C)OC(=O)CCCCCCCCCCC(C)C. The number of carbonyl (C=O) groups excluding carboxylic acids is 4. The van der Waals surface area contributed by atoms with Gasteiger partial charge in [-0.15, -0.1) is 0 Å². The lowest BCUT2D eigenvalue weighted by Gasteiger charge is -2.21. The van der Waals surface area contributed by atoms with Crippen molar-refractivity contribution in [3.05, 3.63) is 0 Å². The van der Waals surface area contributed by atoms with E-state index in [4.69, 9.17) is 37.0 Å². The molecule has 570 valence electrons. The van der Waals surface area contributed by atoms with Crippen LogP contribution in [0.15, 0.2) is 0 Å². The van der Waals surface area contributed by atoms with E-state index in [0.717, 1.165) is 120 Å². The number of phosphoric acid groups is 2. The molecular formula is C77H150O17P2. The van der Waals surface area contributed by atoms with Crippen molar-refractivity contribution in [2.24, 2.45) is 23.7 Å². The quantitative estimate of drug-likeness (QED) is 0.0222. The number of hydrogen-bond acceptors (Lipinski definition) is 15. The van der Waals surface area contributed by atoms with Crippen molar-refractivity contribution >= 4 is 39.5 Å². The van der Waals surface area contributed by atoms with Gasteiger partial charge < -0.3 is 33.8 Å². The first kappa shape index (κ1) is 94.1. The summed E-state index contributed by atoms with van der Waals surface area (Å²) in [5.74, 6) is 0.972. The monoisotopic (exact) mass is 1410 g/mol. The zero-order valence-corrected chi connectivity index (χ0v) is 64.8. The molecule has 0 saturated heterocycles. The van der Waals surface area contributed by atoms with Gasteiger partial charge in [0, 0.05) is 25.7 Å². The van der Waals surface area contributed by atoms with Gasteiger partial charge in [-0.05, 0) is 49.4 Å². The van der Waals surface area contributed by atoms with Gasteiger partial charge in [-0.25, -0.2) is 9.13 Å². The van der Waals surface area contributed by atoms with Gasteiger partial charge in [-0.2, -0.15) is 0 Å². The summed E-state index contributed by atoms with van der Waals surface area (Å²) in [7, 11) is -9.91. The molecule has 0 saturated carbocycles. The van der Waals surface area contributed by atoms with E-state index >= 15 is 0 Å². The maximum absolute atomic E-state index is 13.1. The first-order chi connectivity index (χ1) is 46.2. The molecule has 0 aliphatic carbocycles. The molecule has 17 nitrogen and oxygen atoms in total. The smallest absolute Gasteiger partial charge is 0.462 e. The molecule has 0 aromatic rings. The van der Waals surface area contributed by atoms with E-state index in [1.807, 2.05) is 0 Å². The first-order valence-electron chi connectivity index (χ1n) is 39.8. The van der Waals surface area contributed by atoms with Crippen LogP contribution >= 0.6 is 15.6 Å². The summed E-state index contributed by atoms with van der Waals surface area (Å²) < 4.78 is 68.5. The molecule has 0 aliphatic heterocycles. The van der Waals surface area contributed by atoms with Gasteiger partial charge in [-0.1, -0.05) is 338 Å². The van der Waals surface area contributed by atoms with Crippen molar-refractivity contribution in [2.75, 3.05) is 39.6 Å². The third kappa shape index (κ3) is 67.9. The van der Waals surface area contributed by atoms with Gasteiger partial charge >= 0.3 is 39.5 Å². The highest BCUT2D eigenvalue weighted by Crippen LogP contribution is 2.45. The van der Waals surface area contributed by atoms with Crippen molar-refractivity contribution < 1.29 is 80.2 Å². The minimum absolute atomic E-state index is 0.104. The van der Waals surface area contributed by atoms with E-state index in [1.165, 1.54) is 186 Å². The molecule has 4 unspecified atom stereocenters. The largest absolute Gasteiger partial charge is 0.472 e. The number of aliphatic hydroxyl groups excluding tert-OH is 1. The summed E-state index contributed by atoms with van der Waals surface area (Å²) in [6, 6.07) is 0. The predicted molar refractivity (Wildman–Crippen MR) is 391 cm³/mol. The molecule has 0 fully saturated rings. The molecule has 96 heavy (non-hydrogen) atoms. The molecular weight excluding hydrogens is 1260 g/mol. The highest BCUT2D eigenvalue weighted by molar-refractivity contribution is 7.47. The van der Waals surface area contributed by atoms with Gasteiger partial charge in [0.1, 0.15) is 19.3 Å². The molecule has 0 heterocycles. The number of hydrogen-bond donors (Lipinski definition) is 3. The second-order valence-corrected chi connectivity index (χ2v) is 32.1. The summed E-state index contributed by atoms with van der Waals surface area (Å²) in [4.78, 5) is 72.8. The first-order valence-corrected chi connectivity index (χ1v) is 42.8. The van der Waals surface area contributed by atoms with Gasteiger partial charge in [0.2, 0.25) is 0 Å². The van der Waals surface area contributed by atoms with Gasteiger partial charge in [0.05, 0.1) is 26.4 Å². The Morgan fingerprint density at radius 2 is 0.500 bits per heavy atom. The maximum atomic E-state index is 13.1. The minimum atomic E-state index is -4.96. The van der Waals surface area contributed by atoms with Crippen LogP contribution in [0.25, 0.3) is 0 Å². The minimum Gasteiger partial charge on any atom is -0.462 e. The lowest BCUT2D eigenvalue weighted by Crippen LogP contribution is -2.30. The number of esters is 4. The van der Waals surface area contributed by atoms with Crippen LogP contribution < -0.4 is 0 Å². The molecule has 0 bridgehead atoms. The average Bonchev–Trinajstić information content (AvgIpc) is 1.09. The zero-order valence-electron chi connectivity index (χ0n) is 63.0. The van der Waals surface area contributed by atoms with Gasteiger partial charge in [-0.3, -0.25) is 37.3 Å². The summed E-state index contributed by atoms with van der Waals surface area (Å²) >= 11 is 0. The summed E-state index contributed by atoms with van der Waals surface area (Å²) in [5, 5.41) is 10.6. The van der Waals surface area contributed by atoms with Crippen molar-refractivity contribution in [3.63, 3.8) is 0 Å². The second-order valence-electron chi connectivity index (χ2n) is 29.2. The van der Waals surface area contributed by atoms with Crippen LogP contribution in [0.4, 0.5) is 0 Å². The number of carbonyl (C=O) groups is 4. The van der Waals surface area contributed by atoms with E-state index < -0.39 is 97.5 Å². The van der Waals surface area contributed by atoms with E-state index in [9.17, 15) is 43.2 Å². The van der Waals surface area contributed by atoms with Crippen LogP contribution in [0.3, 0.4) is 0 Å². The Balaban J connectivity index is 5.21. The molecule has 0 aliphatic rings. The Labute approximate surface area is 588 Å². The standard InChI is InChI=1S/C77H150O17P2/c1-9-69(7)55-47-39-31-24-20-16-12-14-17-21-25-32-41-49-57-74(79)87-63-72(94-77(82)60-52-44-34-28-27-30-38-46-54-68(5)6)65-91-95(83,84)89-61-71(78)62-90-96(85,86)92-66-73(64-88-75(80)58-50-42-36-35-40-48-56-70(8)10-2)93-76(81)59-51-43-33-26-22-18-13-11-15-19-23-29-37-45-53-67(3)4/h67-73,78H,9-66H2,1-8H3,(H,83,84)(H,85,86)/t69?,70?,71-,72-,73-/m1/s1. The lowest BCUT2D eigenvalue weighted by atomic mass is 9.99. The Morgan fingerprint density at radius 1 is 0.292 bits per heavy atom. The Hall–Kier alpha value is -1.94. The van der Waals surface area contributed by atoms with Crippen molar-refractivity contribution in [3.8, 4) is 0 Å². The molecule has 7 atom stereocenters. The highest BCUT2D eigenvalue weighted by atomic mass is 31.2. The summed E-state index contributed by atoms with van der Waals surface area (Å²) in [5.41, 5.74) is 0. The second kappa shape index (κ2) is 66.3. The fourth-order valence-electron chi connectivity index (χ4n) is 11.7. The number of phosphoric ester groups is 2. The summed E-state index contributed by atoms with van der Waals surface area (Å²) in [6.07, 6.45) is 51.4. The predicted octanol–water partition coefficient (Wildman–Crippen LogP) is 22.4. The average molecular weight is 1410 g/mol. The number of ether oxygens (including phenoxy) is 4. The molecule has 0 aromatic carbocycles. The van der Waals surface area contributed by atoms with Crippen LogP contribution in [0.5, 0.6) is 0 Å². The van der Waals surface area contributed by atoms with Gasteiger partial charge in [0.15, 0.2) is 12.2 Å². The van der Waals surface area contributed by atoms with Crippen LogP contribution in [-0.2, 0) is 65.4 Å². The van der Waals surface area contributed by atoms with Crippen molar-refractivity contribution in [1.82, 2.24) is 0 Å². The van der Waals surface area contributed by atoms with Crippen molar-refractivity contribution in [2.45, 2.75) is 408 Å². The normalized spacial score (nSPS) is 14.7.